The van der Waals surface area contributed by atoms with E-state index in [4.69, 9.17) is 5.73 Å². The topological polar surface area (TPSA) is 29.3 Å². The summed E-state index contributed by atoms with van der Waals surface area (Å²) in [6.45, 7) is 3.19. The maximum absolute atomic E-state index is 12.9. The SMILES string of the molecule is Nc1cc(CN2CCCC2)ccc1F. The molecule has 0 aliphatic carbocycles. The molecule has 0 amide bonds. The van der Waals surface area contributed by atoms with Crippen LogP contribution in [-0.4, -0.2) is 18.0 Å². The minimum atomic E-state index is -0.324. The Bertz CT molecular complexity index is 319. The van der Waals surface area contributed by atoms with Gasteiger partial charge in [-0.25, -0.2) is 4.39 Å². The number of likely N-dealkylation sites (tertiary alicyclic amines) is 1. The van der Waals surface area contributed by atoms with Crippen molar-refractivity contribution in [3.05, 3.63) is 29.6 Å². The fourth-order valence-corrected chi connectivity index (χ4v) is 1.89. The number of benzene rings is 1. The van der Waals surface area contributed by atoms with E-state index in [0.717, 1.165) is 25.2 Å². The van der Waals surface area contributed by atoms with Crippen LogP contribution in [0.1, 0.15) is 18.4 Å². The number of halogens is 1. The standard InChI is InChI=1S/C11H15FN2/c12-10-4-3-9(7-11(10)13)8-14-5-1-2-6-14/h3-4,7H,1-2,5-6,8,13H2. The summed E-state index contributed by atoms with van der Waals surface area (Å²) >= 11 is 0. The fourth-order valence-electron chi connectivity index (χ4n) is 1.89. The van der Waals surface area contributed by atoms with Crippen LogP contribution >= 0.6 is 0 Å². The van der Waals surface area contributed by atoms with Gasteiger partial charge < -0.3 is 5.73 Å². The number of anilines is 1. The number of hydrogen-bond acceptors (Lipinski definition) is 2. The van der Waals surface area contributed by atoms with Crippen LogP contribution in [0, 0.1) is 5.82 Å². The summed E-state index contributed by atoms with van der Waals surface area (Å²) in [6, 6.07) is 4.98. The van der Waals surface area contributed by atoms with Gasteiger partial charge in [-0.15, -0.1) is 0 Å². The number of nitrogen functional groups attached to an aromatic ring is 1. The molecule has 2 nitrogen and oxygen atoms in total. The molecular weight excluding hydrogens is 179 g/mol. The van der Waals surface area contributed by atoms with Crippen LogP contribution in [0.4, 0.5) is 10.1 Å². The first-order valence-electron chi connectivity index (χ1n) is 5.02. The maximum atomic E-state index is 12.9. The molecule has 1 aromatic rings. The van der Waals surface area contributed by atoms with Crippen molar-refractivity contribution in [2.75, 3.05) is 18.8 Å². The average Bonchev–Trinajstić information content (AvgIpc) is 2.64. The highest BCUT2D eigenvalue weighted by molar-refractivity contribution is 5.42. The highest BCUT2D eigenvalue weighted by Crippen LogP contribution is 2.16. The minimum Gasteiger partial charge on any atom is -0.396 e. The Morgan fingerprint density at radius 1 is 1.29 bits per heavy atom. The third kappa shape index (κ3) is 2.04. The van der Waals surface area contributed by atoms with Gasteiger partial charge in [-0.1, -0.05) is 6.07 Å². The zero-order valence-corrected chi connectivity index (χ0v) is 8.17. The molecule has 1 aliphatic rings. The van der Waals surface area contributed by atoms with E-state index >= 15 is 0 Å². The van der Waals surface area contributed by atoms with Crippen LogP contribution in [0.25, 0.3) is 0 Å². The van der Waals surface area contributed by atoms with Gasteiger partial charge in [0.25, 0.3) is 0 Å². The van der Waals surface area contributed by atoms with E-state index in [-0.39, 0.29) is 11.5 Å². The number of hydrogen-bond donors (Lipinski definition) is 1. The monoisotopic (exact) mass is 194 g/mol. The van der Waals surface area contributed by atoms with Crippen molar-refractivity contribution >= 4 is 5.69 Å². The van der Waals surface area contributed by atoms with Gasteiger partial charge in [-0.05, 0) is 43.6 Å². The van der Waals surface area contributed by atoms with E-state index in [1.165, 1.54) is 18.9 Å². The molecule has 1 saturated heterocycles. The molecule has 2 N–H and O–H groups in total. The third-order valence-electron chi connectivity index (χ3n) is 2.67. The van der Waals surface area contributed by atoms with Gasteiger partial charge in [-0.2, -0.15) is 0 Å². The molecule has 76 valence electrons. The quantitative estimate of drug-likeness (QED) is 0.730. The molecule has 0 atom stereocenters. The summed E-state index contributed by atoms with van der Waals surface area (Å²) in [5, 5.41) is 0. The van der Waals surface area contributed by atoms with Gasteiger partial charge in [0.05, 0.1) is 5.69 Å². The Labute approximate surface area is 83.5 Å². The maximum Gasteiger partial charge on any atom is 0.146 e. The lowest BCUT2D eigenvalue weighted by Crippen LogP contribution is -2.18. The molecule has 1 aliphatic heterocycles. The van der Waals surface area contributed by atoms with E-state index in [2.05, 4.69) is 4.90 Å². The molecule has 1 fully saturated rings. The molecule has 0 bridgehead atoms. The number of nitrogens with zero attached hydrogens (tertiary/aromatic N) is 1. The molecule has 3 heteroatoms. The van der Waals surface area contributed by atoms with Crippen molar-refractivity contribution in [2.45, 2.75) is 19.4 Å². The van der Waals surface area contributed by atoms with Crippen LogP contribution in [0.5, 0.6) is 0 Å². The molecule has 0 saturated carbocycles. The highest BCUT2D eigenvalue weighted by atomic mass is 19.1. The average molecular weight is 194 g/mol. The molecule has 2 rings (SSSR count). The second-order valence-electron chi connectivity index (χ2n) is 3.84. The van der Waals surface area contributed by atoms with E-state index in [9.17, 15) is 4.39 Å². The lowest BCUT2D eigenvalue weighted by atomic mass is 10.2. The van der Waals surface area contributed by atoms with Gasteiger partial charge >= 0.3 is 0 Å². The molecule has 0 radical (unpaired) electrons. The third-order valence-corrected chi connectivity index (χ3v) is 2.67. The molecular formula is C11H15FN2. The van der Waals surface area contributed by atoms with Gasteiger partial charge in [0.15, 0.2) is 0 Å². The van der Waals surface area contributed by atoms with Crippen molar-refractivity contribution < 1.29 is 4.39 Å². The second kappa shape index (κ2) is 3.96. The summed E-state index contributed by atoms with van der Waals surface area (Å²) in [4.78, 5) is 2.37. The van der Waals surface area contributed by atoms with Crippen LogP contribution in [0.15, 0.2) is 18.2 Å². The Balaban J connectivity index is 2.05. The summed E-state index contributed by atoms with van der Waals surface area (Å²) in [6.07, 6.45) is 2.55. The highest BCUT2D eigenvalue weighted by Gasteiger charge is 2.11. The first-order chi connectivity index (χ1) is 6.75. The predicted molar refractivity (Wildman–Crippen MR) is 55.3 cm³/mol. The van der Waals surface area contributed by atoms with Gasteiger partial charge in [0.2, 0.25) is 0 Å². The molecule has 0 unspecified atom stereocenters. The molecule has 0 aromatic heterocycles. The lowest BCUT2D eigenvalue weighted by Gasteiger charge is -2.14. The van der Waals surface area contributed by atoms with Crippen molar-refractivity contribution in [2.24, 2.45) is 0 Å². The molecule has 14 heavy (non-hydrogen) atoms. The second-order valence-corrected chi connectivity index (χ2v) is 3.84. The van der Waals surface area contributed by atoms with Crippen molar-refractivity contribution in [3.63, 3.8) is 0 Å². The Morgan fingerprint density at radius 3 is 2.64 bits per heavy atom. The molecule has 0 spiro atoms. The lowest BCUT2D eigenvalue weighted by molar-refractivity contribution is 0.331. The summed E-state index contributed by atoms with van der Waals surface area (Å²) < 4.78 is 12.9. The Morgan fingerprint density at radius 2 is 2.00 bits per heavy atom. The fraction of sp³-hybridized carbons (Fsp3) is 0.455. The van der Waals surface area contributed by atoms with Crippen molar-refractivity contribution in [3.8, 4) is 0 Å². The molecule has 1 aromatic carbocycles. The summed E-state index contributed by atoms with van der Waals surface area (Å²) in [7, 11) is 0. The minimum absolute atomic E-state index is 0.252. The Kier molecular flexibility index (Phi) is 2.68. The van der Waals surface area contributed by atoms with E-state index in [1.54, 1.807) is 6.07 Å². The van der Waals surface area contributed by atoms with E-state index in [0.29, 0.717) is 0 Å². The zero-order chi connectivity index (χ0) is 9.97. The van der Waals surface area contributed by atoms with Gasteiger partial charge in [0.1, 0.15) is 5.82 Å². The van der Waals surface area contributed by atoms with Crippen LogP contribution < -0.4 is 5.73 Å². The van der Waals surface area contributed by atoms with Gasteiger partial charge in [-0.3, -0.25) is 4.90 Å². The normalized spacial score (nSPS) is 17.5. The Hall–Kier alpha value is -1.09. The smallest absolute Gasteiger partial charge is 0.146 e. The zero-order valence-electron chi connectivity index (χ0n) is 8.17. The van der Waals surface area contributed by atoms with Crippen molar-refractivity contribution in [1.29, 1.82) is 0 Å². The summed E-state index contributed by atoms with van der Waals surface area (Å²) in [5.41, 5.74) is 6.86. The van der Waals surface area contributed by atoms with Crippen LogP contribution in [-0.2, 0) is 6.54 Å². The van der Waals surface area contributed by atoms with Crippen molar-refractivity contribution in [1.82, 2.24) is 4.90 Å². The predicted octanol–water partition coefficient (Wildman–Crippen LogP) is 2.00. The first-order valence-corrected chi connectivity index (χ1v) is 5.02. The number of rotatable bonds is 2. The molecule has 1 heterocycles. The first kappa shape index (κ1) is 9.46. The van der Waals surface area contributed by atoms with Gasteiger partial charge in [0, 0.05) is 6.54 Å². The van der Waals surface area contributed by atoms with E-state index in [1.807, 2.05) is 6.07 Å². The largest absolute Gasteiger partial charge is 0.396 e. The van der Waals surface area contributed by atoms with Crippen LogP contribution in [0.2, 0.25) is 0 Å². The number of nitrogens with two attached hydrogens (primary N) is 1. The van der Waals surface area contributed by atoms with E-state index < -0.39 is 0 Å². The summed E-state index contributed by atoms with van der Waals surface area (Å²) in [5.74, 6) is -0.324. The van der Waals surface area contributed by atoms with Crippen LogP contribution in [0.3, 0.4) is 0 Å².